The van der Waals surface area contributed by atoms with E-state index in [1.807, 2.05) is 6.07 Å². The van der Waals surface area contributed by atoms with Crippen LogP contribution in [0.5, 0.6) is 0 Å². The van der Waals surface area contributed by atoms with Crippen LogP contribution in [0.4, 0.5) is 0 Å². The van der Waals surface area contributed by atoms with E-state index in [0.29, 0.717) is 5.78 Å². The maximum atomic E-state index is 11.5. The van der Waals surface area contributed by atoms with Gasteiger partial charge in [-0.25, -0.2) is 0 Å². The zero-order valence-electron chi connectivity index (χ0n) is 10.0. The van der Waals surface area contributed by atoms with Gasteiger partial charge in [-0.3, -0.25) is 4.79 Å². The number of benzene rings is 1. The van der Waals surface area contributed by atoms with Crippen LogP contribution in [0.25, 0.3) is 0 Å². The first-order valence-corrected chi connectivity index (χ1v) is 6.55. The molecule has 90 valence electrons. The molecule has 1 aliphatic carbocycles. The molecule has 2 atom stereocenters. The number of Topliss-reactive ketones (excluding diaryl/α,β-unsaturated/α-hetero) is 1. The Kier molecular flexibility index (Phi) is 2.75. The maximum absolute atomic E-state index is 11.5. The van der Waals surface area contributed by atoms with E-state index in [4.69, 9.17) is 4.74 Å². The molecular weight excluding hydrogens is 212 g/mol. The fraction of sp³-hybridized carbons (Fsp3) is 0.533. The van der Waals surface area contributed by atoms with Gasteiger partial charge in [-0.05, 0) is 37.7 Å². The standard InChI is InChI=1S/C15H18O2/c16-13-9-5-11-15(14(13)17-15)10-4-8-12-6-2-1-3-7-12/h1-3,6-7,14H,4-5,8-11H2/t14-,15+/m1/s1. The SMILES string of the molecule is O=C1CCC[C@]2(CCCc3ccccc3)O[C@H]12. The van der Waals surface area contributed by atoms with Crippen molar-refractivity contribution in [1.29, 1.82) is 0 Å². The van der Waals surface area contributed by atoms with Crippen LogP contribution in [0.15, 0.2) is 30.3 Å². The third-order valence-electron chi connectivity index (χ3n) is 4.00. The molecule has 0 unspecified atom stereocenters. The van der Waals surface area contributed by atoms with Gasteiger partial charge in [0, 0.05) is 6.42 Å². The average Bonchev–Trinajstić information content (AvgIpc) is 3.07. The van der Waals surface area contributed by atoms with Crippen molar-refractivity contribution in [3.63, 3.8) is 0 Å². The molecule has 1 aromatic rings. The van der Waals surface area contributed by atoms with Gasteiger partial charge in [-0.1, -0.05) is 30.3 Å². The first-order valence-electron chi connectivity index (χ1n) is 6.55. The highest BCUT2D eigenvalue weighted by atomic mass is 16.6. The van der Waals surface area contributed by atoms with E-state index in [0.717, 1.165) is 38.5 Å². The smallest absolute Gasteiger partial charge is 0.164 e. The number of carbonyl (C=O) groups is 1. The van der Waals surface area contributed by atoms with E-state index in [9.17, 15) is 4.79 Å². The molecule has 2 aliphatic rings. The Morgan fingerprint density at radius 3 is 2.94 bits per heavy atom. The molecule has 2 nitrogen and oxygen atoms in total. The predicted molar refractivity (Wildman–Crippen MR) is 65.8 cm³/mol. The second-order valence-electron chi connectivity index (χ2n) is 5.22. The minimum Gasteiger partial charge on any atom is -0.358 e. The van der Waals surface area contributed by atoms with Crippen molar-refractivity contribution in [3.05, 3.63) is 35.9 Å². The fourth-order valence-corrected chi connectivity index (χ4v) is 2.99. The molecule has 0 spiro atoms. The Morgan fingerprint density at radius 1 is 1.29 bits per heavy atom. The summed E-state index contributed by atoms with van der Waals surface area (Å²) in [5.74, 6) is 0.330. The largest absolute Gasteiger partial charge is 0.358 e. The van der Waals surface area contributed by atoms with Crippen LogP contribution in [-0.2, 0) is 16.0 Å². The molecule has 1 aliphatic heterocycles. The summed E-state index contributed by atoms with van der Waals surface area (Å²) >= 11 is 0. The zero-order valence-corrected chi connectivity index (χ0v) is 10.0. The molecule has 0 radical (unpaired) electrons. The third-order valence-corrected chi connectivity index (χ3v) is 4.00. The van der Waals surface area contributed by atoms with Gasteiger partial charge in [-0.2, -0.15) is 0 Å². The summed E-state index contributed by atoms with van der Waals surface area (Å²) in [5.41, 5.74) is 1.33. The van der Waals surface area contributed by atoms with Crippen molar-refractivity contribution >= 4 is 5.78 Å². The van der Waals surface area contributed by atoms with Gasteiger partial charge < -0.3 is 4.74 Å². The molecule has 2 fully saturated rings. The number of hydrogen-bond acceptors (Lipinski definition) is 2. The molecule has 1 heterocycles. The van der Waals surface area contributed by atoms with Gasteiger partial charge in [0.15, 0.2) is 5.78 Å². The zero-order chi connectivity index (χ0) is 11.7. The fourth-order valence-electron chi connectivity index (χ4n) is 2.99. The molecule has 1 saturated carbocycles. The lowest BCUT2D eigenvalue weighted by Gasteiger charge is -2.16. The quantitative estimate of drug-likeness (QED) is 0.744. The normalized spacial score (nSPS) is 31.1. The number of ether oxygens (including phenoxy) is 1. The van der Waals surface area contributed by atoms with Crippen LogP contribution in [0, 0.1) is 0 Å². The number of aryl methyl sites for hydroxylation is 1. The van der Waals surface area contributed by atoms with E-state index in [1.165, 1.54) is 5.56 Å². The summed E-state index contributed by atoms with van der Waals surface area (Å²) in [5, 5.41) is 0. The Balaban J connectivity index is 1.51. The Hall–Kier alpha value is -1.15. The van der Waals surface area contributed by atoms with Crippen molar-refractivity contribution in [2.45, 2.75) is 50.2 Å². The molecule has 1 aromatic carbocycles. The van der Waals surface area contributed by atoms with Crippen molar-refractivity contribution < 1.29 is 9.53 Å². The Labute approximate surface area is 102 Å². The van der Waals surface area contributed by atoms with Crippen LogP contribution in [-0.4, -0.2) is 17.5 Å². The van der Waals surface area contributed by atoms with Gasteiger partial charge >= 0.3 is 0 Å². The monoisotopic (exact) mass is 230 g/mol. The second kappa shape index (κ2) is 4.26. The highest BCUT2D eigenvalue weighted by molar-refractivity contribution is 5.87. The minimum atomic E-state index is -0.0515. The van der Waals surface area contributed by atoms with Gasteiger partial charge in [0.1, 0.15) is 11.7 Å². The maximum Gasteiger partial charge on any atom is 0.164 e. The van der Waals surface area contributed by atoms with E-state index >= 15 is 0 Å². The van der Waals surface area contributed by atoms with E-state index in [1.54, 1.807) is 0 Å². The number of rotatable bonds is 4. The topological polar surface area (TPSA) is 29.6 Å². The average molecular weight is 230 g/mol. The lowest BCUT2D eigenvalue weighted by molar-refractivity contribution is -0.120. The number of carbonyl (C=O) groups excluding carboxylic acids is 1. The van der Waals surface area contributed by atoms with Crippen LogP contribution >= 0.6 is 0 Å². The molecule has 1 saturated heterocycles. The van der Waals surface area contributed by atoms with Crippen molar-refractivity contribution in [1.82, 2.24) is 0 Å². The predicted octanol–water partition coefficient (Wildman–Crippen LogP) is 2.90. The van der Waals surface area contributed by atoms with Gasteiger partial charge in [0.2, 0.25) is 0 Å². The van der Waals surface area contributed by atoms with E-state index < -0.39 is 0 Å². The Morgan fingerprint density at radius 2 is 2.12 bits per heavy atom. The van der Waals surface area contributed by atoms with Gasteiger partial charge in [0.25, 0.3) is 0 Å². The summed E-state index contributed by atoms with van der Waals surface area (Å²) in [7, 11) is 0. The van der Waals surface area contributed by atoms with Gasteiger partial charge in [-0.15, -0.1) is 0 Å². The molecule has 2 heteroatoms. The van der Waals surface area contributed by atoms with Crippen LogP contribution in [0.3, 0.4) is 0 Å². The van der Waals surface area contributed by atoms with Crippen LogP contribution in [0.1, 0.15) is 37.7 Å². The van der Waals surface area contributed by atoms with Crippen molar-refractivity contribution in [2.75, 3.05) is 0 Å². The molecule has 0 aromatic heterocycles. The van der Waals surface area contributed by atoms with Crippen LogP contribution < -0.4 is 0 Å². The van der Waals surface area contributed by atoms with Gasteiger partial charge in [0.05, 0.1) is 0 Å². The second-order valence-corrected chi connectivity index (χ2v) is 5.22. The molecular formula is C15H18O2. The summed E-state index contributed by atoms with van der Waals surface area (Å²) in [6.45, 7) is 0. The highest BCUT2D eigenvalue weighted by Gasteiger charge is 2.60. The van der Waals surface area contributed by atoms with Crippen molar-refractivity contribution in [2.24, 2.45) is 0 Å². The third kappa shape index (κ3) is 2.14. The summed E-state index contributed by atoms with van der Waals surface area (Å²) in [6.07, 6.45) is 6.02. The lowest BCUT2D eigenvalue weighted by Crippen LogP contribution is -2.26. The number of fused-ring (bicyclic) bond motifs is 1. The summed E-state index contributed by atoms with van der Waals surface area (Å²) in [6, 6.07) is 10.5. The Bertz CT molecular complexity index is 412. The number of ketones is 1. The van der Waals surface area contributed by atoms with E-state index in [2.05, 4.69) is 24.3 Å². The van der Waals surface area contributed by atoms with Crippen molar-refractivity contribution in [3.8, 4) is 0 Å². The summed E-state index contributed by atoms with van der Waals surface area (Å²) in [4.78, 5) is 11.5. The summed E-state index contributed by atoms with van der Waals surface area (Å²) < 4.78 is 5.67. The molecule has 0 N–H and O–H groups in total. The minimum absolute atomic E-state index is 0.0491. The first kappa shape index (κ1) is 11.0. The highest BCUT2D eigenvalue weighted by Crippen LogP contribution is 2.49. The first-order chi connectivity index (χ1) is 8.30. The molecule has 0 amide bonds. The lowest BCUT2D eigenvalue weighted by atomic mass is 9.84. The number of hydrogen-bond donors (Lipinski definition) is 0. The van der Waals surface area contributed by atoms with Crippen LogP contribution in [0.2, 0.25) is 0 Å². The molecule has 3 rings (SSSR count). The van der Waals surface area contributed by atoms with E-state index in [-0.39, 0.29) is 11.7 Å². The number of epoxide rings is 1. The molecule has 17 heavy (non-hydrogen) atoms. The molecule has 0 bridgehead atoms.